The number of allylic oxidation sites excluding steroid dienone is 1. The summed E-state index contributed by atoms with van der Waals surface area (Å²) in [5.74, 6) is 0.752. The first-order valence-corrected chi connectivity index (χ1v) is 8.54. The molecule has 0 radical (unpaired) electrons. The molecule has 0 spiro atoms. The number of nitro benzene ring substituents is 1. The number of methoxy groups -OCH3 is 1. The van der Waals surface area contributed by atoms with E-state index in [0.717, 1.165) is 11.1 Å². The number of carbonyl (C=O) groups excluding carboxylic acids is 1. The van der Waals surface area contributed by atoms with E-state index in [1.165, 1.54) is 17.0 Å². The minimum Gasteiger partial charge on any atom is -0.493 e. The van der Waals surface area contributed by atoms with Crippen LogP contribution in [-0.4, -0.2) is 31.1 Å². The fraction of sp³-hybridized carbons (Fsp3) is 0.250. The monoisotopic (exact) mass is 368 g/mol. The second-order valence-electron chi connectivity index (χ2n) is 6.06. The maximum absolute atomic E-state index is 12.6. The van der Waals surface area contributed by atoms with Gasteiger partial charge in [-0.25, -0.2) is 0 Å². The number of anilines is 1. The summed E-state index contributed by atoms with van der Waals surface area (Å²) >= 11 is 0. The molecule has 0 atom stereocenters. The zero-order valence-corrected chi connectivity index (χ0v) is 15.2. The topological polar surface area (TPSA) is 81.9 Å². The Kier molecular flexibility index (Phi) is 5.40. The smallest absolute Gasteiger partial charge is 0.271 e. The standard InChI is InChI=1S/C20H20N2O5/c1-3-4-14-5-8-18(19(11-14)26-2)27-13-20(23)21-10-9-15-6-7-16(22(24)25)12-17(15)21/h3-8,11-12H,9-10,13H2,1-2H3/b4-3+. The predicted octanol–water partition coefficient (Wildman–Crippen LogP) is 3.60. The largest absolute Gasteiger partial charge is 0.493 e. The number of nitro groups is 1. The van der Waals surface area contributed by atoms with Gasteiger partial charge in [-0.05, 0) is 36.6 Å². The number of amides is 1. The number of rotatable bonds is 6. The third-order valence-electron chi connectivity index (χ3n) is 4.37. The van der Waals surface area contributed by atoms with E-state index in [9.17, 15) is 14.9 Å². The minimum atomic E-state index is -0.463. The van der Waals surface area contributed by atoms with Crippen LogP contribution in [0.5, 0.6) is 11.5 Å². The summed E-state index contributed by atoms with van der Waals surface area (Å²) in [4.78, 5) is 24.7. The number of fused-ring (bicyclic) bond motifs is 1. The molecule has 0 aromatic heterocycles. The zero-order chi connectivity index (χ0) is 19.4. The highest BCUT2D eigenvalue weighted by Gasteiger charge is 2.27. The number of benzene rings is 2. The van der Waals surface area contributed by atoms with Crippen molar-refractivity contribution in [3.05, 3.63) is 63.7 Å². The Morgan fingerprint density at radius 2 is 2.07 bits per heavy atom. The zero-order valence-electron chi connectivity index (χ0n) is 15.2. The van der Waals surface area contributed by atoms with Crippen molar-refractivity contribution in [2.45, 2.75) is 13.3 Å². The van der Waals surface area contributed by atoms with Crippen LogP contribution < -0.4 is 14.4 Å². The van der Waals surface area contributed by atoms with Gasteiger partial charge in [0.25, 0.3) is 11.6 Å². The molecule has 7 nitrogen and oxygen atoms in total. The molecule has 2 aromatic rings. The SMILES string of the molecule is C/C=C/c1ccc(OCC(=O)N2CCc3ccc([N+](=O)[O-])cc32)c(OC)c1. The van der Waals surface area contributed by atoms with Gasteiger partial charge in [-0.1, -0.05) is 24.3 Å². The maximum atomic E-state index is 12.6. The van der Waals surface area contributed by atoms with E-state index in [-0.39, 0.29) is 18.2 Å². The lowest BCUT2D eigenvalue weighted by molar-refractivity contribution is -0.384. The van der Waals surface area contributed by atoms with Crippen molar-refractivity contribution in [3.8, 4) is 11.5 Å². The van der Waals surface area contributed by atoms with Gasteiger partial charge in [0, 0.05) is 18.7 Å². The molecule has 7 heteroatoms. The molecule has 0 fully saturated rings. The summed E-state index contributed by atoms with van der Waals surface area (Å²) in [5, 5.41) is 11.0. The van der Waals surface area contributed by atoms with Crippen LogP contribution in [0.4, 0.5) is 11.4 Å². The van der Waals surface area contributed by atoms with Gasteiger partial charge in [0.05, 0.1) is 17.7 Å². The van der Waals surface area contributed by atoms with E-state index in [4.69, 9.17) is 9.47 Å². The van der Waals surface area contributed by atoms with Gasteiger partial charge in [-0.2, -0.15) is 0 Å². The lowest BCUT2D eigenvalue weighted by Gasteiger charge is -2.18. The van der Waals surface area contributed by atoms with Crippen molar-refractivity contribution in [1.82, 2.24) is 0 Å². The lowest BCUT2D eigenvalue weighted by Crippen LogP contribution is -2.33. The number of carbonyl (C=O) groups is 1. The molecular formula is C20H20N2O5. The maximum Gasteiger partial charge on any atom is 0.271 e. The van der Waals surface area contributed by atoms with Gasteiger partial charge in [0.1, 0.15) is 0 Å². The average molecular weight is 368 g/mol. The normalized spacial score (nSPS) is 12.9. The van der Waals surface area contributed by atoms with Gasteiger partial charge in [0.15, 0.2) is 18.1 Å². The molecule has 0 aliphatic carbocycles. The molecule has 0 bridgehead atoms. The highest BCUT2D eigenvalue weighted by Crippen LogP contribution is 2.32. The first kappa shape index (κ1) is 18.4. The van der Waals surface area contributed by atoms with E-state index in [2.05, 4.69) is 0 Å². The van der Waals surface area contributed by atoms with Crippen LogP contribution in [0.3, 0.4) is 0 Å². The van der Waals surface area contributed by atoms with Crippen molar-refractivity contribution in [3.63, 3.8) is 0 Å². The van der Waals surface area contributed by atoms with Crippen molar-refractivity contribution in [2.24, 2.45) is 0 Å². The lowest BCUT2D eigenvalue weighted by atomic mass is 10.1. The Bertz CT molecular complexity index is 907. The Hall–Kier alpha value is -3.35. The summed E-state index contributed by atoms with van der Waals surface area (Å²) < 4.78 is 11.0. The first-order chi connectivity index (χ1) is 13.0. The van der Waals surface area contributed by atoms with E-state index >= 15 is 0 Å². The quantitative estimate of drug-likeness (QED) is 0.575. The number of ether oxygens (including phenoxy) is 2. The fourth-order valence-corrected chi connectivity index (χ4v) is 3.06. The van der Waals surface area contributed by atoms with Crippen LogP contribution in [0.1, 0.15) is 18.1 Å². The van der Waals surface area contributed by atoms with Gasteiger partial charge in [0.2, 0.25) is 0 Å². The van der Waals surface area contributed by atoms with Crippen LogP contribution in [0.15, 0.2) is 42.5 Å². The van der Waals surface area contributed by atoms with Crippen LogP contribution >= 0.6 is 0 Å². The molecule has 1 aliphatic heterocycles. The Balaban J connectivity index is 1.73. The average Bonchev–Trinajstić information content (AvgIpc) is 3.10. The van der Waals surface area contributed by atoms with Crippen molar-refractivity contribution >= 4 is 23.4 Å². The van der Waals surface area contributed by atoms with E-state index < -0.39 is 4.92 Å². The third-order valence-corrected chi connectivity index (χ3v) is 4.37. The van der Waals surface area contributed by atoms with E-state index in [0.29, 0.717) is 30.2 Å². The van der Waals surface area contributed by atoms with Crippen molar-refractivity contribution in [2.75, 3.05) is 25.2 Å². The Morgan fingerprint density at radius 3 is 2.78 bits per heavy atom. The summed E-state index contributed by atoms with van der Waals surface area (Å²) in [5.41, 5.74) is 2.43. The number of hydrogen-bond acceptors (Lipinski definition) is 5. The molecule has 0 saturated carbocycles. The van der Waals surface area contributed by atoms with Crippen LogP contribution in [0, 0.1) is 10.1 Å². The second-order valence-corrected chi connectivity index (χ2v) is 6.06. The molecule has 1 heterocycles. The van der Waals surface area contributed by atoms with Crippen molar-refractivity contribution < 1.29 is 19.2 Å². The molecular weight excluding hydrogens is 348 g/mol. The van der Waals surface area contributed by atoms with Crippen LogP contribution in [0.25, 0.3) is 6.08 Å². The minimum absolute atomic E-state index is 0.0318. The molecule has 1 aliphatic rings. The molecule has 0 saturated heterocycles. The molecule has 0 N–H and O–H groups in total. The third kappa shape index (κ3) is 3.92. The Labute approximate surface area is 157 Å². The summed E-state index contributed by atoms with van der Waals surface area (Å²) in [6, 6.07) is 10.0. The number of non-ortho nitro benzene ring substituents is 1. The Morgan fingerprint density at radius 1 is 1.26 bits per heavy atom. The summed E-state index contributed by atoms with van der Waals surface area (Å²) in [6.07, 6.45) is 4.52. The number of nitrogens with zero attached hydrogens (tertiary/aromatic N) is 2. The number of hydrogen-bond donors (Lipinski definition) is 0. The molecule has 27 heavy (non-hydrogen) atoms. The molecule has 140 valence electrons. The fourth-order valence-electron chi connectivity index (χ4n) is 3.06. The predicted molar refractivity (Wildman–Crippen MR) is 102 cm³/mol. The highest BCUT2D eigenvalue weighted by molar-refractivity contribution is 5.96. The second kappa shape index (κ2) is 7.90. The van der Waals surface area contributed by atoms with Gasteiger partial charge >= 0.3 is 0 Å². The van der Waals surface area contributed by atoms with Gasteiger partial charge < -0.3 is 14.4 Å². The van der Waals surface area contributed by atoms with Crippen LogP contribution in [-0.2, 0) is 11.2 Å². The first-order valence-electron chi connectivity index (χ1n) is 8.54. The van der Waals surface area contributed by atoms with E-state index in [1.54, 1.807) is 19.2 Å². The molecule has 3 rings (SSSR count). The van der Waals surface area contributed by atoms with Crippen molar-refractivity contribution in [1.29, 1.82) is 0 Å². The molecule has 0 unspecified atom stereocenters. The molecule has 1 amide bonds. The molecule has 2 aromatic carbocycles. The van der Waals surface area contributed by atoms with E-state index in [1.807, 2.05) is 31.2 Å². The van der Waals surface area contributed by atoms with Crippen LogP contribution in [0.2, 0.25) is 0 Å². The van der Waals surface area contributed by atoms with Gasteiger partial charge in [-0.15, -0.1) is 0 Å². The highest BCUT2D eigenvalue weighted by atomic mass is 16.6. The van der Waals surface area contributed by atoms with Gasteiger partial charge in [-0.3, -0.25) is 14.9 Å². The summed E-state index contributed by atoms with van der Waals surface area (Å²) in [7, 11) is 1.54. The summed E-state index contributed by atoms with van der Waals surface area (Å²) in [6.45, 7) is 2.23.